The average Bonchev–Trinajstić information content (AvgIpc) is 2.54. The van der Waals surface area contributed by atoms with E-state index in [9.17, 15) is 9.59 Å². The molecule has 0 aliphatic rings. The maximum absolute atomic E-state index is 11.5. The van der Waals surface area contributed by atoms with E-state index in [1.165, 1.54) is 22.5 Å². The van der Waals surface area contributed by atoms with Gasteiger partial charge < -0.3 is 4.57 Å². The van der Waals surface area contributed by atoms with Crippen LogP contribution in [0.1, 0.15) is 0 Å². The molecule has 0 atom stereocenters. The van der Waals surface area contributed by atoms with E-state index in [1.54, 1.807) is 7.05 Å². The van der Waals surface area contributed by atoms with Crippen LogP contribution in [0.25, 0.3) is 11.2 Å². The van der Waals surface area contributed by atoms with Crippen LogP contribution in [0.3, 0.4) is 0 Å². The van der Waals surface area contributed by atoms with Gasteiger partial charge in [-0.05, 0) is 0 Å². The number of aryl methyl sites for hydroxylation is 2. The Morgan fingerprint density at radius 3 is 2.92 bits per heavy atom. The number of rotatable bonds is 0. The summed E-state index contributed by atoms with van der Waals surface area (Å²) in [6.45, 7) is 0. The van der Waals surface area contributed by atoms with Crippen molar-refractivity contribution in [3.05, 3.63) is 27.2 Å². The Hall–Kier alpha value is -1.85. The van der Waals surface area contributed by atoms with Crippen molar-refractivity contribution < 1.29 is 1.41 Å². The van der Waals surface area contributed by atoms with Gasteiger partial charge in [-0.1, -0.05) is 0 Å². The molecule has 0 bridgehead atoms. The SMILES string of the molecule is [2H]n1c(=O)c2c(ncn2C)n(C)c1=O. The zero-order chi connectivity index (χ0) is 10.5. The minimum Gasteiger partial charge on any atom is -0.328 e. The summed E-state index contributed by atoms with van der Waals surface area (Å²) < 4.78 is 9.89. The Balaban J connectivity index is 3.22. The van der Waals surface area contributed by atoms with Gasteiger partial charge in [0.1, 0.15) is 0 Å². The third-order valence-corrected chi connectivity index (χ3v) is 1.92. The van der Waals surface area contributed by atoms with Gasteiger partial charge in [0, 0.05) is 14.1 Å². The number of fused-ring (bicyclic) bond motifs is 1. The highest BCUT2D eigenvalue weighted by molar-refractivity contribution is 5.69. The van der Waals surface area contributed by atoms with Gasteiger partial charge in [-0.15, -0.1) is 0 Å². The van der Waals surface area contributed by atoms with E-state index in [0.29, 0.717) is 10.6 Å². The minimum absolute atomic E-state index is 0.252. The molecule has 68 valence electrons. The summed E-state index contributed by atoms with van der Waals surface area (Å²) in [5.74, 6) is 0. The molecular weight excluding hydrogens is 172 g/mol. The smallest absolute Gasteiger partial charge is 0.328 e. The normalized spacial score (nSPS) is 12.0. The first-order valence-corrected chi connectivity index (χ1v) is 3.66. The van der Waals surface area contributed by atoms with Gasteiger partial charge in [-0.25, -0.2) is 9.78 Å². The first kappa shape index (κ1) is 6.64. The van der Waals surface area contributed by atoms with E-state index in [2.05, 4.69) is 4.98 Å². The lowest BCUT2D eigenvalue weighted by Gasteiger charge is -1.97. The van der Waals surface area contributed by atoms with Crippen LogP contribution in [-0.2, 0) is 14.1 Å². The lowest BCUT2D eigenvalue weighted by atomic mass is 10.5. The van der Waals surface area contributed by atoms with Gasteiger partial charge >= 0.3 is 5.69 Å². The van der Waals surface area contributed by atoms with E-state index in [-0.39, 0.29) is 5.52 Å². The quantitative estimate of drug-likeness (QED) is 0.564. The molecular formula is C7H8N4O2. The molecule has 13 heavy (non-hydrogen) atoms. The second kappa shape index (κ2) is 2.32. The highest BCUT2D eigenvalue weighted by atomic mass is 16.2. The van der Waals surface area contributed by atoms with E-state index in [0.717, 1.165) is 0 Å². The lowest BCUT2D eigenvalue weighted by Crippen LogP contribution is -2.28. The van der Waals surface area contributed by atoms with Crippen LogP contribution in [0.2, 0.25) is 1.41 Å². The van der Waals surface area contributed by atoms with Gasteiger partial charge in [0.05, 0.1) is 6.33 Å². The summed E-state index contributed by atoms with van der Waals surface area (Å²) in [6, 6.07) is 0. The molecule has 0 aromatic carbocycles. The minimum atomic E-state index is -0.693. The summed E-state index contributed by atoms with van der Waals surface area (Å²) >= 11 is 0. The molecule has 0 spiro atoms. The van der Waals surface area contributed by atoms with Crippen molar-refractivity contribution in [3.63, 3.8) is 0 Å². The monoisotopic (exact) mass is 181 g/mol. The predicted molar refractivity (Wildman–Crippen MR) is 46.6 cm³/mol. The molecule has 2 aromatic heterocycles. The Labute approximate surface area is 73.9 Å². The van der Waals surface area contributed by atoms with Crippen molar-refractivity contribution in [2.75, 3.05) is 0 Å². The maximum Gasteiger partial charge on any atom is 0.329 e. The van der Waals surface area contributed by atoms with Crippen molar-refractivity contribution in [1.29, 1.82) is 0 Å². The molecule has 0 fully saturated rings. The number of aromatic nitrogens is 4. The first-order valence-electron chi connectivity index (χ1n) is 4.11. The summed E-state index contributed by atoms with van der Waals surface area (Å²) in [6.07, 6.45) is 1.44. The van der Waals surface area contributed by atoms with E-state index in [1.807, 2.05) is 0 Å². The fraction of sp³-hybridized carbons (Fsp3) is 0.286. The van der Waals surface area contributed by atoms with Crippen LogP contribution in [0.4, 0.5) is 0 Å². The molecule has 0 aliphatic heterocycles. The molecule has 6 nitrogen and oxygen atoms in total. The second-order valence-electron chi connectivity index (χ2n) is 2.79. The van der Waals surface area contributed by atoms with Crippen LogP contribution < -0.4 is 11.2 Å². The fourth-order valence-corrected chi connectivity index (χ4v) is 1.22. The number of hydrogen-bond acceptors (Lipinski definition) is 3. The zero-order valence-electron chi connectivity index (χ0n) is 8.18. The van der Waals surface area contributed by atoms with Gasteiger partial charge in [-0.2, -0.15) is 0 Å². The standard InChI is InChI=1S/C7H8N4O2/c1-10-3-8-5-4(10)6(12)9-7(13)11(5)2/h3H,1-2H3,(H,9,12,13)/i/hD. The molecule has 0 aliphatic carbocycles. The summed E-state index contributed by atoms with van der Waals surface area (Å²) in [5, 5.41) is 0. The molecule has 6 heteroatoms. The van der Waals surface area contributed by atoms with E-state index in [4.69, 9.17) is 1.41 Å². The van der Waals surface area contributed by atoms with Crippen molar-refractivity contribution >= 4 is 11.2 Å². The van der Waals surface area contributed by atoms with Crippen LogP contribution in [0.15, 0.2) is 15.9 Å². The molecule has 0 saturated heterocycles. The van der Waals surface area contributed by atoms with Crippen molar-refractivity contribution in [2.45, 2.75) is 0 Å². The van der Waals surface area contributed by atoms with Gasteiger partial charge in [-0.3, -0.25) is 14.3 Å². The van der Waals surface area contributed by atoms with Crippen molar-refractivity contribution in [3.8, 4) is 0 Å². The molecule has 0 amide bonds. The molecule has 0 unspecified atom stereocenters. The van der Waals surface area contributed by atoms with Gasteiger partial charge in [0.25, 0.3) is 5.56 Å². The van der Waals surface area contributed by atoms with Crippen LogP contribution in [0.5, 0.6) is 0 Å². The number of imidazole rings is 1. The topological polar surface area (TPSA) is 72.7 Å². The van der Waals surface area contributed by atoms with Gasteiger partial charge in [0.2, 0.25) is 0 Å². The molecule has 0 saturated carbocycles. The van der Waals surface area contributed by atoms with E-state index >= 15 is 0 Å². The van der Waals surface area contributed by atoms with Crippen LogP contribution in [-0.4, -0.2) is 19.1 Å². The second-order valence-corrected chi connectivity index (χ2v) is 2.79. The molecule has 1 N–H and O–H groups in total. The third kappa shape index (κ3) is 0.915. The maximum atomic E-state index is 11.5. The van der Waals surface area contributed by atoms with Crippen molar-refractivity contribution in [1.82, 2.24) is 19.1 Å². The first-order chi connectivity index (χ1) is 6.54. The predicted octanol–water partition coefficient (Wildman–Crippen LogP) is -1.04. The average molecular weight is 181 g/mol. The number of aromatic amines is 1. The van der Waals surface area contributed by atoms with E-state index < -0.39 is 11.2 Å². The molecule has 2 heterocycles. The zero-order valence-corrected chi connectivity index (χ0v) is 7.18. The van der Waals surface area contributed by atoms with Crippen LogP contribution >= 0.6 is 0 Å². The Kier molecular flexibility index (Phi) is 1.18. The Morgan fingerprint density at radius 1 is 1.54 bits per heavy atom. The largest absolute Gasteiger partial charge is 0.329 e. The van der Waals surface area contributed by atoms with Crippen LogP contribution in [0, 0.1) is 0 Å². The number of hydrogen-bond donors (Lipinski definition) is 1. The highest BCUT2D eigenvalue weighted by Gasteiger charge is 2.08. The molecule has 2 rings (SSSR count). The molecule has 0 radical (unpaired) electrons. The Bertz CT molecular complexity index is 621. The summed E-state index contributed by atoms with van der Waals surface area (Å²) in [4.78, 5) is 27.0. The third-order valence-electron chi connectivity index (χ3n) is 1.92. The molecule has 2 aromatic rings. The van der Waals surface area contributed by atoms with Crippen molar-refractivity contribution in [2.24, 2.45) is 14.1 Å². The summed E-state index contributed by atoms with van der Waals surface area (Å²) in [5.41, 5.74) is -0.794. The number of H-pyrrole nitrogens is 1. The fourth-order valence-electron chi connectivity index (χ4n) is 1.22. The van der Waals surface area contributed by atoms with Gasteiger partial charge in [0.15, 0.2) is 12.6 Å². The lowest BCUT2D eigenvalue weighted by molar-refractivity contribution is 0.829. The number of nitrogens with one attached hydrogen (secondary N) is 1. The summed E-state index contributed by atoms with van der Waals surface area (Å²) in [7, 11) is 3.11. The Morgan fingerprint density at radius 2 is 2.23 bits per heavy atom. The highest BCUT2D eigenvalue weighted by Crippen LogP contribution is 2.00. The number of nitrogens with zero attached hydrogens (tertiary/aromatic N) is 3.